The summed E-state index contributed by atoms with van der Waals surface area (Å²) in [4.78, 5) is 11.2. The maximum absolute atomic E-state index is 12.8. The monoisotopic (exact) mass is 373 g/mol. The van der Waals surface area contributed by atoms with Crippen LogP contribution in [-0.4, -0.2) is 12.5 Å². The van der Waals surface area contributed by atoms with Crippen LogP contribution in [0.4, 0.5) is 10.1 Å². The van der Waals surface area contributed by atoms with Crippen LogP contribution in [0.5, 0.6) is 0 Å². The summed E-state index contributed by atoms with van der Waals surface area (Å²) in [6, 6.07) is 14.1. The Kier molecular flexibility index (Phi) is 10.0. The molecule has 5 N–H and O–H groups in total. The SMILES string of the molecule is Cl.Cl.NCC(Cc1ccc(NCc2ccc(F)cc2)cc1)C(N)=O. The lowest BCUT2D eigenvalue weighted by atomic mass is 9.99. The molecule has 4 nitrogen and oxygen atoms in total. The second kappa shape index (κ2) is 10.9. The molecule has 24 heavy (non-hydrogen) atoms. The van der Waals surface area contributed by atoms with E-state index < -0.39 is 0 Å². The van der Waals surface area contributed by atoms with E-state index in [1.54, 1.807) is 12.1 Å². The number of anilines is 1. The third-order valence-corrected chi connectivity index (χ3v) is 3.53. The van der Waals surface area contributed by atoms with Crippen LogP contribution in [0, 0.1) is 11.7 Å². The molecule has 1 atom stereocenters. The summed E-state index contributed by atoms with van der Waals surface area (Å²) >= 11 is 0. The van der Waals surface area contributed by atoms with Crippen molar-refractivity contribution in [2.45, 2.75) is 13.0 Å². The first-order valence-corrected chi connectivity index (χ1v) is 7.15. The van der Waals surface area contributed by atoms with Crippen molar-refractivity contribution in [3.05, 3.63) is 65.5 Å². The van der Waals surface area contributed by atoms with Gasteiger partial charge in [0.25, 0.3) is 0 Å². The number of nitrogens with two attached hydrogens (primary N) is 2. The highest BCUT2D eigenvalue weighted by atomic mass is 35.5. The van der Waals surface area contributed by atoms with Crippen LogP contribution in [0.25, 0.3) is 0 Å². The predicted octanol–water partition coefficient (Wildman–Crippen LogP) is 2.88. The maximum Gasteiger partial charge on any atom is 0.222 e. The second-order valence-corrected chi connectivity index (χ2v) is 5.22. The van der Waals surface area contributed by atoms with Crippen LogP contribution in [0.2, 0.25) is 0 Å². The largest absolute Gasteiger partial charge is 0.381 e. The van der Waals surface area contributed by atoms with Crippen molar-refractivity contribution < 1.29 is 9.18 Å². The van der Waals surface area contributed by atoms with E-state index in [2.05, 4.69) is 5.32 Å². The van der Waals surface area contributed by atoms with E-state index in [4.69, 9.17) is 11.5 Å². The summed E-state index contributed by atoms with van der Waals surface area (Å²) in [5, 5.41) is 3.26. The zero-order valence-electron chi connectivity index (χ0n) is 13.1. The van der Waals surface area contributed by atoms with Crippen LogP contribution in [0.15, 0.2) is 48.5 Å². The Morgan fingerprint density at radius 3 is 2.04 bits per heavy atom. The van der Waals surface area contributed by atoms with E-state index >= 15 is 0 Å². The predicted molar refractivity (Wildman–Crippen MR) is 100 cm³/mol. The molecule has 0 radical (unpaired) electrons. The third kappa shape index (κ3) is 6.74. The van der Waals surface area contributed by atoms with E-state index in [-0.39, 0.29) is 49.0 Å². The number of nitrogens with one attached hydrogen (secondary N) is 1. The van der Waals surface area contributed by atoms with Gasteiger partial charge in [-0.05, 0) is 41.8 Å². The van der Waals surface area contributed by atoms with Gasteiger partial charge >= 0.3 is 0 Å². The molecule has 2 aromatic carbocycles. The first-order valence-electron chi connectivity index (χ1n) is 7.15. The van der Waals surface area contributed by atoms with Crippen molar-refractivity contribution in [3.8, 4) is 0 Å². The molecule has 132 valence electrons. The number of amides is 1. The lowest BCUT2D eigenvalue weighted by Gasteiger charge is -2.12. The van der Waals surface area contributed by atoms with Gasteiger partial charge in [0.1, 0.15) is 5.82 Å². The van der Waals surface area contributed by atoms with Gasteiger partial charge in [0.2, 0.25) is 5.91 Å². The number of benzene rings is 2. The Balaban J connectivity index is 0.00000264. The third-order valence-electron chi connectivity index (χ3n) is 3.53. The number of hydrogen-bond donors (Lipinski definition) is 3. The first kappa shape index (κ1) is 22.2. The van der Waals surface area contributed by atoms with Crippen molar-refractivity contribution in [1.82, 2.24) is 0 Å². The van der Waals surface area contributed by atoms with Gasteiger partial charge in [-0.1, -0.05) is 24.3 Å². The van der Waals surface area contributed by atoms with E-state index in [0.717, 1.165) is 16.8 Å². The molecule has 0 aliphatic rings. The minimum Gasteiger partial charge on any atom is -0.381 e. The zero-order valence-corrected chi connectivity index (χ0v) is 14.7. The highest BCUT2D eigenvalue weighted by Crippen LogP contribution is 2.14. The summed E-state index contributed by atoms with van der Waals surface area (Å²) in [6.45, 7) is 0.867. The Morgan fingerprint density at radius 2 is 1.54 bits per heavy atom. The van der Waals surface area contributed by atoms with Gasteiger partial charge in [-0.2, -0.15) is 0 Å². The topological polar surface area (TPSA) is 81.1 Å². The Hall–Kier alpha value is -1.82. The summed E-state index contributed by atoms with van der Waals surface area (Å²) in [5.74, 6) is -0.948. The van der Waals surface area contributed by atoms with Gasteiger partial charge in [-0.3, -0.25) is 4.79 Å². The smallest absolute Gasteiger partial charge is 0.222 e. The standard InChI is InChI=1S/C17H20FN3O.2ClH/c18-15-5-1-13(2-6-15)11-21-16-7-3-12(4-8-16)9-14(10-19)17(20)22;;/h1-8,14,21H,9-11,19H2,(H2,20,22);2*1H. The van der Waals surface area contributed by atoms with Gasteiger partial charge in [0, 0.05) is 18.8 Å². The molecule has 0 aromatic heterocycles. The molecule has 1 amide bonds. The fraction of sp³-hybridized carbons (Fsp3) is 0.235. The molecule has 0 aliphatic heterocycles. The minimum atomic E-state index is -0.374. The fourth-order valence-electron chi connectivity index (χ4n) is 2.15. The minimum absolute atomic E-state index is 0. The van der Waals surface area contributed by atoms with Gasteiger partial charge < -0.3 is 16.8 Å². The van der Waals surface area contributed by atoms with Gasteiger partial charge in [-0.25, -0.2) is 4.39 Å². The summed E-state index contributed by atoms with van der Waals surface area (Å²) in [6.07, 6.45) is 0.546. The molecule has 0 heterocycles. The van der Waals surface area contributed by atoms with E-state index in [0.29, 0.717) is 13.0 Å². The van der Waals surface area contributed by atoms with Gasteiger partial charge in [0.15, 0.2) is 0 Å². The van der Waals surface area contributed by atoms with Crippen molar-refractivity contribution in [3.63, 3.8) is 0 Å². The molecule has 0 aliphatic carbocycles. The second-order valence-electron chi connectivity index (χ2n) is 5.22. The molecule has 0 bridgehead atoms. The molecule has 0 saturated carbocycles. The fourth-order valence-corrected chi connectivity index (χ4v) is 2.15. The highest BCUT2D eigenvalue weighted by Gasteiger charge is 2.13. The molecule has 7 heteroatoms. The lowest BCUT2D eigenvalue weighted by Crippen LogP contribution is -2.31. The average Bonchev–Trinajstić information content (AvgIpc) is 2.53. The average molecular weight is 374 g/mol. The van der Waals surface area contributed by atoms with Crippen LogP contribution in [-0.2, 0) is 17.8 Å². The van der Waals surface area contributed by atoms with Crippen LogP contribution >= 0.6 is 24.8 Å². The summed E-state index contributed by atoms with van der Waals surface area (Å²) < 4.78 is 12.8. The molecule has 0 spiro atoms. The number of rotatable bonds is 7. The van der Waals surface area contributed by atoms with E-state index in [9.17, 15) is 9.18 Å². The quantitative estimate of drug-likeness (QED) is 0.697. The lowest BCUT2D eigenvalue weighted by molar-refractivity contribution is -0.121. The normalized spacial score (nSPS) is 10.9. The highest BCUT2D eigenvalue weighted by molar-refractivity contribution is 5.85. The van der Waals surface area contributed by atoms with Gasteiger partial charge in [-0.15, -0.1) is 24.8 Å². The molecule has 2 rings (SSSR count). The number of halogens is 3. The van der Waals surface area contributed by atoms with Crippen LogP contribution in [0.1, 0.15) is 11.1 Å². The Bertz CT molecular complexity index is 621. The van der Waals surface area contributed by atoms with Crippen molar-refractivity contribution in [2.75, 3.05) is 11.9 Å². The summed E-state index contributed by atoms with van der Waals surface area (Å²) in [5.41, 5.74) is 13.8. The van der Waals surface area contributed by atoms with Crippen LogP contribution in [0.3, 0.4) is 0 Å². The number of hydrogen-bond acceptors (Lipinski definition) is 3. The zero-order chi connectivity index (χ0) is 15.9. The maximum atomic E-state index is 12.8. The van der Waals surface area contributed by atoms with Crippen molar-refractivity contribution in [2.24, 2.45) is 17.4 Å². The molecule has 1 unspecified atom stereocenters. The number of primary amides is 1. The van der Waals surface area contributed by atoms with E-state index in [1.165, 1.54) is 12.1 Å². The van der Waals surface area contributed by atoms with Crippen LogP contribution < -0.4 is 16.8 Å². The molecular weight excluding hydrogens is 352 g/mol. The molecule has 0 saturated heterocycles. The molecule has 2 aromatic rings. The number of carbonyl (C=O) groups is 1. The number of carbonyl (C=O) groups excluding carboxylic acids is 1. The van der Waals surface area contributed by atoms with Crippen molar-refractivity contribution in [1.29, 1.82) is 0 Å². The Labute approximate surface area is 153 Å². The molecular formula is C17H22Cl2FN3O. The molecule has 0 fully saturated rings. The van der Waals surface area contributed by atoms with E-state index in [1.807, 2.05) is 24.3 Å². The van der Waals surface area contributed by atoms with Crippen molar-refractivity contribution >= 4 is 36.4 Å². The first-order chi connectivity index (χ1) is 10.6. The summed E-state index contributed by atoms with van der Waals surface area (Å²) in [7, 11) is 0. The van der Waals surface area contributed by atoms with Gasteiger partial charge in [0.05, 0.1) is 5.92 Å². The Morgan fingerprint density at radius 1 is 1.00 bits per heavy atom.